The SMILES string of the molecule is NC(N)=NCCC[C@H](NC(=O)CCCCCCCCC(=O)O)C(=O)O. The third-order valence-electron chi connectivity index (χ3n) is 3.62. The second-order valence-electron chi connectivity index (χ2n) is 5.92. The Labute approximate surface area is 147 Å². The van der Waals surface area contributed by atoms with Crippen LogP contribution in [0.1, 0.15) is 64.2 Å². The number of hydrogen-bond donors (Lipinski definition) is 5. The number of carboxylic acids is 2. The smallest absolute Gasteiger partial charge is 0.326 e. The van der Waals surface area contributed by atoms with Crippen molar-refractivity contribution >= 4 is 23.8 Å². The largest absolute Gasteiger partial charge is 0.481 e. The Morgan fingerprint density at radius 2 is 1.44 bits per heavy atom. The van der Waals surface area contributed by atoms with Gasteiger partial charge in [0, 0.05) is 19.4 Å². The molecule has 0 radical (unpaired) electrons. The number of aliphatic imine (C=N–C) groups is 1. The van der Waals surface area contributed by atoms with E-state index in [-0.39, 0.29) is 31.1 Å². The van der Waals surface area contributed by atoms with Crippen LogP contribution in [0.15, 0.2) is 4.99 Å². The maximum absolute atomic E-state index is 11.8. The van der Waals surface area contributed by atoms with Crippen LogP contribution in [-0.4, -0.2) is 46.6 Å². The van der Waals surface area contributed by atoms with Gasteiger partial charge in [0.05, 0.1) is 0 Å². The molecule has 25 heavy (non-hydrogen) atoms. The van der Waals surface area contributed by atoms with Crippen molar-refractivity contribution in [2.45, 2.75) is 70.3 Å². The molecule has 0 saturated heterocycles. The summed E-state index contributed by atoms with van der Waals surface area (Å²) in [6.07, 6.45) is 6.19. The van der Waals surface area contributed by atoms with Gasteiger partial charge >= 0.3 is 11.9 Å². The van der Waals surface area contributed by atoms with Crippen molar-refractivity contribution in [1.29, 1.82) is 0 Å². The molecule has 0 aliphatic rings. The minimum atomic E-state index is -1.07. The number of amides is 1. The zero-order valence-electron chi connectivity index (χ0n) is 14.6. The molecule has 1 atom stereocenters. The highest BCUT2D eigenvalue weighted by molar-refractivity contribution is 5.83. The van der Waals surface area contributed by atoms with E-state index >= 15 is 0 Å². The number of carbonyl (C=O) groups is 3. The molecule has 0 unspecified atom stereocenters. The first-order chi connectivity index (χ1) is 11.8. The van der Waals surface area contributed by atoms with E-state index in [2.05, 4.69) is 10.3 Å². The van der Waals surface area contributed by atoms with Crippen LogP contribution in [0.2, 0.25) is 0 Å². The molecule has 0 rings (SSSR count). The van der Waals surface area contributed by atoms with Crippen molar-refractivity contribution in [2.75, 3.05) is 6.54 Å². The number of carbonyl (C=O) groups excluding carboxylic acids is 1. The summed E-state index contributed by atoms with van der Waals surface area (Å²) in [6, 6.07) is -0.933. The summed E-state index contributed by atoms with van der Waals surface area (Å²) in [6.45, 7) is 0.323. The monoisotopic (exact) mass is 358 g/mol. The van der Waals surface area contributed by atoms with E-state index < -0.39 is 18.0 Å². The van der Waals surface area contributed by atoms with E-state index in [0.717, 1.165) is 25.7 Å². The first-order valence-corrected chi connectivity index (χ1v) is 8.62. The molecule has 144 valence electrons. The van der Waals surface area contributed by atoms with Gasteiger partial charge in [-0.25, -0.2) is 4.79 Å². The molecule has 0 aliphatic heterocycles. The van der Waals surface area contributed by atoms with E-state index in [9.17, 15) is 14.4 Å². The average molecular weight is 358 g/mol. The number of carboxylic acid groups (broad SMARTS) is 2. The number of rotatable bonds is 15. The van der Waals surface area contributed by atoms with Crippen LogP contribution >= 0.6 is 0 Å². The molecule has 7 N–H and O–H groups in total. The lowest BCUT2D eigenvalue weighted by molar-refractivity contribution is -0.142. The predicted octanol–water partition coefficient (Wildman–Crippen LogP) is 0.815. The topological polar surface area (TPSA) is 168 Å². The highest BCUT2D eigenvalue weighted by Crippen LogP contribution is 2.09. The number of unbranched alkanes of at least 4 members (excludes halogenated alkanes) is 5. The maximum atomic E-state index is 11.8. The molecular formula is C16H30N4O5. The molecule has 0 aliphatic carbocycles. The van der Waals surface area contributed by atoms with Crippen LogP contribution in [0.25, 0.3) is 0 Å². The van der Waals surface area contributed by atoms with Crippen LogP contribution in [0.3, 0.4) is 0 Å². The van der Waals surface area contributed by atoms with Gasteiger partial charge in [0.2, 0.25) is 5.91 Å². The average Bonchev–Trinajstić information content (AvgIpc) is 2.52. The summed E-state index contributed by atoms with van der Waals surface area (Å²) in [7, 11) is 0. The molecule has 1 amide bonds. The Hall–Kier alpha value is -2.32. The lowest BCUT2D eigenvalue weighted by Crippen LogP contribution is -2.40. The van der Waals surface area contributed by atoms with Crippen molar-refractivity contribution < 1.29 is 24.6 Å². The van der Waals surface area contributed by atoms with Crippen molar-refractivity contribution in [3.8, 4) is 0 Å². The molecule has 0 fully saturated rings. The Balaban J connectivity index is 3.79. The lowest BCUT2D eigenvalue weighted by Gasteiger charge is -2.14. The first-order valence-electron chi connectivity index (χ1n) is 8.62. The van der Waals surface area contributed by atoms with Gasteiger partial charge in [0.25, 0.3) is 0 Å². The number of nitrogens with one attached hydrogen (secondary N) is 1. The molecule has 0 aromatic carbocycles. The Morgan fingerprint density at radius 3 is 1.96 bits per heavy atom. The number of aliphatic carboxylic acids is 2. The standard InChI is InChI=1S/C16H30N4O5/c17-16(18)19-11-7-8-12(15(24)25)20-13(21)9-5-3-1-2-4-6-10-14(22)23/h12H,1-11H2,(H,20,21)(H,22,23)(H,24,25)(H4,17,18,19)/t12-/m0/s1. The third kappa shape index (κ3) is 15.0. The zero-order valence-corrected chi connectivity index (χ0v) is 14.6. The Kier molecular flexibility index (Phi) is 12.8. The quantitative estimate of drug-likeness (QED) is 0.164. The fourth-order valence-electron chi connectivity index (χ4n) is 2.30. The van der Waals surface area contributed by atoms with Gasteiger partial charge in [0.15, 0.2) is 5.96 Å². The van der Waals surface area contributed by atoms with Gasteiger partial charge in [-0.2, -0.15) is 0 Å². The molecule has 0 aromatic rings. The van der Waals surface area contributed by atoms with Gasteiger partial charge in [-0.15, -0.1) is 0 Å². The van der Waals surface area contributed by atoms with E-state index in [4.69, 9.17) is 21.7 Å². The maximum Gasteiger partial charge on any atom is 0.326 e. The van der Waals surface area contributed by atoms with Gasteiger partial charge in [-0.05, 0) is 25.7 Å². The van der Waals surface area contributed by atoms with Crippen molar-refractivity contribution in [1.82, 2.24) is 5.32 Å². The highest BCUT2D eigenvalue weighted by Gasteiger charge is 2.18. The summed E-state index contributed by atoms with van der Waals surface area (Å²) in [4.78, 5) is 37.1. The van der Waals surface area contributed by atoms with Crippen LogP contribution < -0.4 is 16.8 Å². The molecule has 0 bridgehead atoms. The normalized spacial score (nSPS) is 11.5. The molecule has 0 heterocycles. The summed E-state index contributed by atoms with van der Waals surface area (Å²) in [5, 5.41) is 20.1. The van der Waals surface area contributed by atoms with Gasteiger partial charge in [-0.3, -0.25) is 14.6 Å². The van der Waals surface area contributed by atoms with Gasteiger partial charge in [0.1, 0.15) is 6.04 Å². The van der Waals surface area contributed by atoms with Crippen LogP contribution in [0, 0.1) is 0 Å². The molecule has 9 heteroatoms. The minimum absolute atomic E-state index is 0.0427. The minimum Gasteiger partial charge on any atom is -0.481 e. The number of nitrogens with two attached hydrogens (primary N) is 2. The summed E-state index contributed by atoms with van der Waals surface area (Å²) < 4.78 is 0. The highest BCUT2D eigenvalue weighted by atomic mass is 16.4. The van der Waals surface area contributed by atoms with Crippen molar-refractivity contribution in [2.24, 2.45) is 16.5 Å². The van der Waals surface area contributed by atoms with Crippen LogP contribution in [0.5, 0.6) is 0 Å². The third-order valence-corrected chi connectivity index (χ3v) is 3.62. The fourth-order valence-corrected chi connectivity index (χ4v) is 2.30. The summed E-state index contributed by atoms with van der Waals surface area (Å²) in [5.74, 6) is -2.17. The van der Waals surface area contributed by atoms with E-state index in [1.807, 2.05) is 0 Å². The Morgan fingerprint density at radius 1 is 0.880 bits per heavy atom. The summed E-state index contributed by atoms with van der Waals surface area (Å²) in [5.41, 5.74) is 10.4. The second-order valence-corrected chi connectivity index (χ2v) is 5.92. The Bertz CT molecular complexity index is 450. The second kappa shape index (κ2) is 14.1. The number of guanidine groups is 1. The molecule has 0 aromatic heterocycles. The van der Waals surface area contributed by atoms with Crippen molar-refractivity contribution in [3.63, 3.8) is 0 Å². The van der Waals surface area contributed by atoms with Crippen LogP contribution in [0.4, 0.5) is 0 Å². The molecule has 0 spiro atoms. The number of nitrogens with zero attached hydrogens (tertiary/aromatic N) is 1. The predicted molar refractivity (Wildman–Crippen MR) is 94.0 cm³/mol. The van der Waals surface area contributed by atoms with E-state index in [1.165, 1.54) is 0 Å². The van der Waals surface area contributed by atoms with Gasteiger partial charge in [-0.1, -0.05) is 25.7 Å². The number of hydrogen-bond acceptors (Lipinski definition) is 4. The van der Waals surface area contributed by atoms with Gasteiger partial charge < -0.3 is 27.0 Å². The lowest BCUT2D eigenvalue weighted by atomic mass is 10.1. The molecule has 9 nitrogen and oxygen atoms in total. The first kappa shape index (κ1) is 22.7. The van der Waals surface area contributed by atoms with Crippen molar-refractivity contribution in [3.05, 3.63) is 0 Å². The molecular weight excluding hydrogens is 328 g/mol. The fraction of sp³-hybridized carbons (Fsp3) is 0.750. The van der Waals surface area contributed by atoms with E-state index in [1.54, 1.807) is 0 Å². The zero-order chi connectivity index (χ0) is 19.1. The summed E-state index contributed by atoms with van der Waals surface area (Å²) >= 11 is 0. The molecule has 0 saturated carbocycles. The van der Waals surface area contributed by atoms with E-state index in [0.29, 0.717) is 25.8 Å². The van der Waals surface area contributed by atoms with Crippen LogP contribution in [-0.2, 0) is 14.4 Å².